The zero-order valence-corrected chi connectivity index (χ0v) is 10.4. The smallest absolute Gasteiger partial charge is 0.219 e. The van der Waals surface area contributed by atoms with Crippen LogP contribution in [0.1, 0.15) is 13.8 Å². The first-order chi connectivity index (χ1) is 7.44. The number of nitrogens with zero attached hydrogens (tertiary/aromatic N) is 1. The van der Waals surface area contributed by atoms with E-state index >= 15 is 0 Å². The summed E-state index contributed by atoms with van der Waals surface area (Å²) in [5.41, 5.74) is 0. The van der Waals surface area contributed by atoms with Crippen molar-refractivity contribution in [3.05, 3.63) is 0 Å². The maximum atomic E-state index is 11.2. The average Bonchev–Trinajstić information content (AvgIpc) is 2.27. The van der Waals surface area contributed by atoms with Crippen LogP contribution < -0.4 is 4.72 Å². The second-order valence-electron chi connectivity index (χ2n) is 3.71. The van der Waals surface area contributed by atoms with Crippen molar-refractivity contribution in [1.29, 1.82) is 0 Å². The minimum Gasteiger partial charge on any atom is -0.373 e. The minimum atomic E-state index is -3.19. The Kier molecular flexibility index (Phi) is 4.69. The molecule has 0 saturated carbocycles. The molecule has 0 aromatic heterocycles. The van der Waals surface area contributed by atoms with Crippen LogP contribution in [-0.4, -0.2) is 57.3 Å². The van der Waals surface area contributed by atoms with Crippen LogP contribution in [0, 0.1) is 0 Å². The van der Waals surface area contributed by atoms with Crippen molar-refractivity contribution in [2.24, 2.45) is 0 Å². The highest BCUT2D eigenvalue weighted by Gasteiger charge is 2.23. The predicted molar refractivity (Wildman–Crippen MR) is 59.5 cm³/mol. The van der Waals surface area contributed by atoms with Gasteiger partial charge in [0.15, 0.2) is 0 Å². The van der Waals surface area contributed by atoms with Crippen LogP contribution in [-0.2, 0) is 19.6 Å². The standard InChI is InChI=1S/C9H18N2O4S/c1-3-16(13,14)10-6-9-7-11(8(2)12)4-5-15-9/h9-10H,3-7H2,1-2H3/t9-/m1/s1. The predicted octanol–water partition coefficient (Wildman–Crippen LogP) is -0.827. The number of carbonyl (C=O) groups is 1. The monoisotopic (exact) mass is 250 g/mol. The lowest BCUT2D eigenvalue weighted by molar-refractivity contribution is -0.136. The normalized spacial score (nSPS) is 22.1. The average molecular weight is 250 g/mol. The summed E-state index contributed by atoms with van der Waals surface area (Å²) in [7, 11) is -3.19. The summed E-state index contributed by atoms with van der Waals surface area (Å²) >= 11 is 0. The van der Waals surface area contributed by atoms with E-state index in [4.69, 9.17) is 4.74 Å². The van der Waals surface area contributed by atoms with E-state index in [1.54, 1.807) is 11.8 Å². The quantitative estimate of drug-likeness (QED) is 0.707. The second-order valence-corrected chi connectivity index (χ2v) is 5.81. The first-order valence-electron chi connectivity index (χ1n) is 5.29. The van der Waals surface area contributed by atoms with Gasteiger partial charge in [0.25, 0.3) is 0 Å². The van der Waals surface area contributed by atoms with Crippen LogP contribution in [0.4, 0.5) is 0 Å². The van der Waals surface area contributed by atoms with Gasteiger partial charge in [0.2, 0.25) is 15.9 Å². The Labute approximate surface area is 96.0 Å². The number of sulfonamides is 1. The molecule has 0 unspecified atom stereocenters. The molecule has 1 rings (SSSR count). The van der Waals surface area contributed by atoms with Gasteiger partial charge in [-0.15, -0.1) is 0 Å². The summed E-state index contributed by atoms with van der Waals surface area (Å²) in [6.45, 7) is 4.77. The molecule has 1 amide bonds. The number of morpholine rings is 1. The second kappa shape index (κ2) is 5.60. The van der Waals surface area contributed by atoms with Gasteiger partial charge in [-0.25, -0.2) is 13.1 Å². The van der Waals surface area contributed by atoms with Crippen molar-refractivity contribution in [3.8, 4) is 0 Å². The summed E-state index contributed by atoms with van der Waals surface area (Å²) in [5.74, 6) is 0.0440. The van der Waals surface area contributed by atoms with E-state index < -0.39 is 10.0 Å². The fourth-order valence-electron chi connectivity index (χ4n) is 1.45. The van der Waals surface area contributed by atoms with Crippen molar-refractivity contribution in [2.75, 3.05) is 32.0 Å². The number of rotatable bonds is 4. The van der Waals surface area contributed by atoms with E-state index in [9.17, 15) is 13.2 Å². The molecular weight excluding hydrogens is 232 g/mol. The van der Waals surface area contributed by atoms with Crippen molar-refractivity contribution >= 4 is 15.9 Å². The van der Waals surface area contributed by atoms with E-state index in [0.717, 1.165) is 0 Å². The molecular formula is C9H18N2O4S. The van der Waals surface area contributed by atoms with Crippen molar-refractivity contribution in [3.63, 3.8) is 0 Å². The molecule has 0 aliphatic carbocycles. The summed E-state index contributed by atoms with van der Waals surface area (Å²) in [5, 5.41) is 0. The molecule has 0 spiro atoms. The third-order valence-electron chi connectivity index (χ3n) is 2.50. The first kappa shape index (κ1) is 13.4. The summed E-state index contributed by atoms with van der Waals surface area (Å²) in [4.78, 5) is 12.8. The molecule has 0 bridgehead atoms. The molecule has 1 atom stereocenters. The van der Waals surface area contributed by atoms with Gasteiger partial charge in [0.05, 0.1) is 18.5 Å². The van der Waals surface area contributed by atoms with E-state index in [-0.39, 0.29) is 24.3 Å². The van der Waals surface area contributed by atoms with Crippen molar-refractivity contribution in [1.82, 2.24) is 9.62 Å². The van der Waals surface area contributed by atoms with Gasteiger partial charge >= 0.3 is 0 Å². The molecule has 16 heavy (non-hydrogen) atoms. The first-order valence-corrected chi connectivity index (χ1v) is 6.94. The van der Waals surface area contributed by atoms with Gasteiger partial charge in [-0.1, -0.05) is 0 Å². The Bertz CT molecular complexity index is 341. The van der Waals surface area contributed by atoms with Crippen LogP contribution >= 0.6 is 0 Å². The van der Waals surface area contributed by atoms with E-state index in [0.29, 0.717) is 19.7 Å². The largest absolute Gasteiger partial charge is 0.373 e. The molecule has 1 N–H and O–H groups in total. The lowest BCUT2D eigenvalue weighted by Crippen LogP contribution is -2.49. The van der Waals surface area contributed by atoms with Crippen LogP contribution in [0.2, 0.25) is 0 Å². The van der Waals surface area contributed by atoms with Crippen LogP contribution in [0.15, 0.2) is 0 Å². The Morgan fingerprint density at radius 3 is 2.81 bits per heavy atom. The molecule has 1 aliphatic rings. The number of amides is 1. The number of nitrogens with one attached hydrogen (secondary N) is 1. The van der Waals surface area contributed by atoms with Gasteiger partial charge < -0.3 is 9.64 Å². The highest BCUT2D eigenvalue weighted by atomic mass is 32.2. The number of hydrogen-bond donors (Lipinski definition) is 1. The molecule has 0 aromatic rings. The summed E-state index contributed by atoms with van der Waals surface area (Å²) in [6.07, 6.45) is -0.251. The third kappa shape index (κ3) is 4.07. The SMILES string of the molecule is CCS(=O)(=O)NC[C@@H]1CN(C(C)=O)CCO1. The molecule has 94 valence electrons. The van der Waals surface area contributed by atoms with Crippen LogP contribution in [0.25, 0.3) is 0 Å². The molecule has 6 nitrogen and oxygen atoms in total. The number of ether oxygens (including phenoxy) is 1. The minimum absolute atomic E-state index is 0.00773. The molecule has 1 aliphatic heterocycles. The Balaban J connectivity index is 2.41. The maximum Gasteiger partial charge on any atom is 0.219 e. The Hall–Kier alpha value is -0.660. The fourth-order valence-corrected chi connectivity index (χ4v) is 2.09. The van der Waals surface area contributed by atoms with Gasteiger partial charge in [-0.2, -0.15) is 0 Å². The maximum absolute atomic E-state index is 11.2. The number of hydrogen-bond acceptors (Lipinski definition) is 4. The Morgan fingerprint density at radius 2 is 2.25 bits per heavy atom. The summed E-state index contributed by atoms with van der Waals surface area (Å²) < 4.78 is 30.2. The topological polar surface area (TPSA) is 75.7 Å². The van der Waals surface area contributed by atoms with Gasteiger partial charge in [-0.3, -0.25) is 4.79 Å². The summed E-state index contributed by atoms with van der Waals surface area (Å²) in [6, 6.07) is 0. The van der Waals surface area contributed by atoms with E-state index in [1.807, 2.05) is 0 Å². The lowest BCUT2D eigenvalue weighted by Gasteiger charge is -2.32. The lowest BCUT2D eigenvalue weighted by atomic mass is 10.3. The van der Waals surface area contributed by atoms with Crippen molar-refractivity contribution < 1.29 is 17.9 Å². The highest BCUT2D eigenvalue weighted by Crippen LogP contribution is 2.04. The zero-order chi connectivity index (χ0) is 12.2. The van der Waals surface area contributed by atoms with Gasteiger partial charge in [0, 0.05) is 26.6 Å². The molecule has 1 heterocycles. The van der Waals surface area contributed by atoms with Crippen LogP contribution in [0.5, 0.6) is 0 Å². The van der Waals surface area contributed by atoms with E-state index in [2.05, 4.69) is 4.72 Å². The molecule has 0 radical (unpaired) electrons. The molecule has 1 saturated heterocycles. The van der Waals surface area contributed by atoms with Gasteiger partial charge in [0.1, 0.15) is 0 Å². The molecule has 1 fully saturated rings. The van der Waals surface area contributed by atoms with E-state index in [1.165, 1.54) is 6.92 Å². The molecule has 0 aromatic carbocycles. The highest BCUT2D eigenvalue weighted by molar-refractivity contribution is 7.89. The number of carbonyl (C=O) groups excluding carboxylic acids is 1. The van der Waals surface area contributed by atoms with Crippen molar-refractivity contribution in [2.45, 2.75) is 20.0 Å². The fraction of sp³-hybridized carbons (Fsp3) is 0.889. The molecule has 7 heteroatoms. The Morgan fingerprint density at radius 1 is 1.56 bits per heavy atom. The van der Waals surface area contributed by atoms with Gasteiger partial charge in [-0.05, 0) is 6.92 Å². The zero-order valence-electron chi connectivity index (χ0n) is 9.60. The van der Waals surface area contributed by atoms with Crippen LogP contribution in [0.3, 0.4) is 0 Å². The third-order valence-corrected chi connectivity index (χ3v) is 3.86.